The minimum absolute atomic E-state index is 0.0860. The zero-order valence-electron chi connectivity index (χ0n) is 14.1. The molecule has 0 bridgehead atoms. The number of rotatable bonds is 3. The lowest BCUT2D eigenvalue weighted by atomic mass is 9.96. The Morgan fingerprint density at radius 2 is 1.96 bits per heavy atom. The SMILES string of the molecule is CNC(=O)C1CCN(c2cc(-c3ccccc3)nc3ncnn23)CC1. The van der Waals surface area contributed by atoms with E-state index >= 15 is 0 Å². The fraction of sp³-hybridized carbons (Fsp3) is 0.333. The molecule has 1 fully saturated rings. The Morgan fingerprint density at radius 1 is 1.20 bits per heavy atom. The highest BCUT2D eigenvalue weighted by molar-refractivity contribution is 5.78. The second-order valence-electron chi connectivity index (χ2n) is 6.21. The summed E-state index contributed by atoms with van der Waals surface area (Å²) < 4.78 is 1.77. The molecule has 0 spiro atoms. The van der Waals surface area contributed by atoms with Gasteiger partial charge in [-0.25, -0.2) is 4.98 Å². The number of aromatic nitrogens is 4. The van der Waals surface area contributed by atoms with Crippen molar-refractivity contribution in [2.45, 2.75) is 12.8 Å². The smallest absolute Gasteiger partial charge is 0.254 e. The zero-order chi connectivity index (χ0) is 17.2. The van der Waals surface area contributed by atoms with Crippen LogP contribution in [0.15, 0.2) is 42.7 Å². The molecule has 1 aromatic carbocycles. The number of amides is 1. The van der Waals surface area contributed by atoms with E-state index < -0.39 is 0 Å². The van der Waals surface area contributed by atoms with Crippen LogP contribution in [0.1, 0.15) is 12.8 Å². The molecule has 128 valence electrons. The molecule has 1 saturated heterocycles. The van der Waals surface area contributed by atoms with Crippen LogP contribution < -0.4 is 10.2 Å². The van der Waals surface area contributed by atoms with Crippen LogP contribution in [0, 0.1) is 5.92 Å². The van der Waals surface area contributed by atoms with Gasteiger partial charge in [0.15, 0.2) is 0 Å². The van der Waals surface area contributed by atoms with Gasteiger partial charge >= 0.3 is 0 Å². The van der Waals surface area contributed by atoms with Crippen LogP contribution in [0.25, 0.3) is 17.0 Å². The van der Waals surface area contributed by atoms with E-state index in [0.29, 0.717) is 5.78 Å². The molecule has 7 heteroatoms. The summed E-state index contributed by atoms with van der Waals surface area (Å²) in [5.74, 6) is 1.77. The maximum absolute atomic E-state index is 11.9. The maximum Gasteiger partial charge on any atom is 0.254 e. The topological polar surface area (TPSA) is 75.4 Å². The van der Waals surface area contributed by atoms with Crippen molar-refractivity contribution in [1.29, 1.82) is 0 Å². The second kappa shape index (κ2) is 6.51. The molecule has 25 heavy (non-hydrogen) atoms. The van der Waals surface area contributed by atoms with Crippen molar-refractivity contribution >= 4 is 17.5 Å². The van der Waals surface area contributed by atoms with E-state index in [1.54, 1.807) is 11.6 Å². The molecule has 0 atom stereocenters. The van der Waals surface area contributed by atoms with E-state index in [2.05, 4.69) is 31.3 Å². The first-order chi connectivity index (χ1) is 12.3. The maximum atomic E-state index is 11.9. The number of nitrogens with one attached hydrogen (secondary N) is 1. The molecule has 0 aliphatic carbocycles. The Balaban J connectivity index is 1.68. The Kier molecular flexibility index (Phi) is 4.05. The summed E-state index contributed by atoms with van der Waals surface area (Å²) in [7, 11) is 1.70. The molecule has 2 aromatic heterocycles. The monoisotopic (exact) mass is 336 g/mol. The second-order valence-corrected chi connectivity index (χ2v) is 6.21. The van der Waals surface area contributed by atoms with Crippen molar-refractivity contribution in [3.05, 3.63) is 42.7 Å². The fourth-order valence-corrected chi connectivity index (χ4v) is 3.35. The molecule has 4 rings (SSSR count). The Hall–Kier alpha value is -2.96. The average Bonchev–Trinajstić information content (AvgIpc) is 3.16. The number of carbonyl (C=O) groups is 1. The van der Waals surface area contributed by atoms with E-state index in [0.717, 1.165) is 43.0 Å². The Labute approximate surface area is 145 Å². The van der Waals surface area contributed by atoms with Crippen molar-refractivity contribution in [2.24, 2.45) is 5.92 Å². The summed E-state index contributed by atoms with van der Waals surface area (Å²) in [6, 6.07) is 12.1. The zero-order valence-corrected chi connectivity index (χ0v) is 14.1. The molecule has 3 heterocycles. The first-order valence-corrected chi connectivity index (χ1v) is 8.49. The summed E-state index contributed by atoms with van der Waals surface area (Å²) in [6.07, 6.45) is 3.19. The lowest BCUT2D eigenvalue weighted by Gasteiger charge is -2.32. The number of hydrogen-bond donors (Lipinski definition) is 1. The van der Waals surface area contributed by atoms with Gasteiger partial charge in [-0.15, -0.1) is 0 Å². The largest absolute Gasteiger partial charge is 0.359 e. The predicted octanol–water partition coefficient (Wildman–Crippen LogP) is 1.75. The minimum atomic E-state index is 0.0860. The van der Waals surface area contributed by atoms with Crippen LogP contribution in [0.3, 0.4) is 0 Å². The highest BCUT2D eigenvalue weighted by Gasteiger charge is 2.26. The molecule has 1 aliphatic heterocycles. The number of nitrogens with zero attached hydrogens (tertiary/aromatic N) is 5. The van der Waals surface area contributed by atoms with Crippen LogP contribution in [0.5, 0.6) is 0 Å². The molecule has 1 amide bonds. The summed E-state index contributed by atoms with van der Waals surface area (Å²) in [5, 5.41) is 7.07. The van der Waals surface area contributed by atoms with Crippen LogP contribution in [-0.4, -0.2) is 45.6 Å². The fourth-order valence-electron chi connectivity index (χ4n) is 3.35. The lowest BCUT2D eigenvalue weighted by molar-refractivity contribution is -0.125. The third-order valence-corrected chi connectivity index (χ3v) is 4.74. The molecular weight excluding hydrogens is 316 g/mol. The van der Waals surface area contributed by atoms with Gasteiger partial charge < -0.3 is 10.2 Å². The van der Waals surface area contributed by atoms with Gasteiger partial charge in [0, 0.05) is 37.7 Å². The van der Waals surface area contributed by atoms with Gasteiger partial charge in [0.05, 0.1) is 5.69 Å². The van der Waals surface area contributed by atoms with Crippen LogP contribution in [0.2, 0.25) is 0 Å². The molecule has 0 unspecified atom stereocenters. The van der Waals surface area contributed by atoms with E-state index in [1.807, 2.05) is 30.3 Å². The Morgan fingerprint density at radius 3 is 2.68 bits per heavy atom. The van der Waals surface area contributed by atoms with Gasteiger partial charge in [-0.2, -0.15) is 14.6 Å². The predicted molar refractivity (Wildman–Crippen MR) is 95.2 cm³/mol. The highest BCUT2D eigenvalue weighted by Crippen LogP contribution is 2.27. The van der Waals surface area contributed by atoms with Gasteiger partial charge in [-0.05, 0) is 12.8 Å². The van der Waals surface area contributed by atoms with Gasteiger partial charge in [-0.1, -0.05) is 30.3 Å². The Bertz CT molecular complexity index is 883. The van der Waals surface area contributed by atoms with Crippen LogP contribution >= 0.6 is 0 Å². The number of hydrogen-bond acceptors (Lipinski definition) is 5. The van der Waals surface area contributed by atoms with Gasteiger partial charge in [0.1, 0.15) is 12.1 Å². The summed E-state index contributed by atoms with van der Waals surface area (Å²) in [5.41, 5.74) is 1.93. The summed E-state index contributed by atoms with van der Waals surface area (Å²) >= 11 is 0. The molecular formula is C18H20N6O. The van der Waals surface area contributed by atoms with Gasteiger partial charge in [0.25, 0.3) is 5.78 Å². The van der Waals surface area contributed by atoms with E-state index in [4.69, 9.17) is 0 Å². The van der Waals surface area contributed by atoms with Crippen LogP contribution in [0.4, 0.5) is 5.82 Å². The minimum Gasteiger partial charge on any atom is -0.359 e. The average molecular weight is 336 g/mol. The van der Waals surface area contributed by atoms with Crippen LogP contribution in [-0.2, 0) is 4.79 Å². The van der Waals surface area contributed by atoms with E-state index in [-0.39, 0.29) is 11.8 Å². The molecule has 0 saturated carbocycles. The molecule has 1 aliphatic rings. The van der Waals surface area contributed by atoms with E-state index in [9.17, 15) is 4.79 Å². The third kappa shape index (κ3) is 2.93. The van der Waals surface area contributed by atoms with Gasteiger partial charge in [-0.3, -0.25) is 4.79 Å². The van der Waals surface area contributed by atoms with Crippen molar-refractivity contribution in [3.63, 3.8) is 0 Å². The number of benzene rings is 1. The number of piperidine rings is 1. The summed E-state index contributed by atoms with van der Waals surface area (Å²) in [6.45, 7) is 1.62. The van der Waals surface area contributed by atoms with Crippen molar-refractivity contribution in [2.75, 3.05) is 25.0 Å². The lowest BCUT2D eigenvalue weighted by Crippen LogP contribution is -2.40. The number of carbonyl (C=O) groups excluding carboxylic acids is 1. The van der Waals surface area contributed by atoms with Crippen molar-refractivity contribution < 1.29 is 4.79 Å². The summed E-state index contributed by atoms with van der Waals surface area (Å²) in [4.78, 5) is 23.0. The quantitative estimate of drug-likeness (QED) is 0.789. The normalized spacial score (nSPS) is 15.5. The first-order valence-electron chi connectivity index (χ1n) is 8.49. The molecule has 7 nitrogen and oxygen atoms in total. The molecule has 1 N–H and O–H groups in total. The van der Waals surface area contributed by atoms with Gasteiger partial charge in [0.2, 0.25) is 5.91 Å². The van der Waals surface area contributed by atoms with Crippen molar-refractivity contribution in [1.82, 2.24) is 24.9 Å². The first kappa shape index (κ1) is 15.6. The highest BCUT2D eigenvalue weighted by atomic mass is 16.1. The molecule has 3 aromatic rings. The number of fused-ring (bicyclic) bond motifs is 1. The van der Waals surface area contributed by atoms with E-state index in [1.165, 1.54) is 6.33 Å². The number of anilines is 1. The third-order valence-electron chi connectivity index (χ3n) is 4.74. The van der Waals surface area contributed by atoms with Crippen molar-refractivity contribution in [3.8, 4) is 11.3 Å². The molecule has 0 radical (unpaired) electrons. The standard InChI is InChI=1S/C18H20N6O/c1-19-17(25)14-7-9-23(10-8-14)16-11-15(13-5-3-2-4-6-13)22-18-20-12-21-24(16)18/h2-6,11-12,14H,7-10H2,1H3,(H,19,25).